The van der Waals surface area contributed by atoms with Gasteiger partial charge in [0.1, 0.15) is 6.10 Å². The highest BCUT2D eigenvalue weighted by Crippen LogP contribution is 2.07. The van der Waals surface area contributed by atoms with E-state index in [0.29, 0.717) is 5.57 Å². The van der Waals surface area contributed by atoms with Crippen LogP contribution in [-0.2, 0) is 16.0 Å². The number of hydrogen-bond acceptors (Lipinski definition) is 2. The summed E-state index contributed by atoms with van der Waals surface area (Å²) < 4.78 is 5.18. The summed E-state index contributed by atoms with van der Waals surface area (Å²) in [6, 6.07) is 9.95. The molecule has 1 aromatic carbocycles. The first-order chi connectivity index (χ1) is 7.09. The average Bonchev–Trinajstić information content (AvgIpc) is 2.18. The van der Waals surface area contributed by atoms with Gasteiger partial charge in [-0.2, -0.15) is 0 Å². The normalized spacial score (nSPS) is 11.9. The van der Waals surface area contributed by atoms with Crippen molar-refractivity contribution in [1.29, 1.82) is 0 Å². The average molecular weight is 204 g/mol. The van der Waals surface area contributed by atoms with Crippen LogP contribution in [0, 0.1) is 0 Å². The minimum Gasteiger partial charge on any atom is -0.459 e. The van der Waals surface area contributed by atoms with E-state index in [2.05, 4.69) is 6.58 Å². The zero-order chi connectivity index (χ0) is 11.3. The molecular weight excluding hydrogens is 188 g/mol. The highest BCUT2D eigenvalue weighted by Gasteiger charge is 2.10. The Balaban J connectivity index is 2.46. The van der Waals surface area contributed by atoms with Crippen LogP contribution in [0.1, 0.15) is 19.4 Å². The van der Waals surface area contributed by atoms with E-state index in [1.54, 1.807) is 6.92 Å². The van der Waals surface area contributed by atoms with Crippen LogP contribution in [-0.4, -0.2) is 12.1 Å². The third kappa shape index (κ3) is 3.98. The van der Waals surface area contributed by atoms with Crippen LogP contribution >= 0.6 is 0 Å². The van der Waals surface area contributed by atoms with Crippen LogP contribution in [0.3, 0.4) is 0 Å². The number of rotatable bonds is 4. The quantitative estimate of drug-likeness (QED) is 0.557. The van der Waals surface area contributed by atoms with Gasteiger partial charge >= 0.3 is 5.97 Å². The molecule has 0 N–H and O–H groups in total. The number of hydrogen-bond donors (Lipinski definition) is 0. The Morgan fingerprint density at radius 3 is 2.53 bits per heavy atom. The van der Waals surface area contributed by atoms with Gasteiger partial charge in [-0.25, -0.2) is 4.79 Å². The molecule has 2 heteroatoms. The highest BCUT2D eigenvalue weighted by atomic mass is 16.5. The van der Waals surface area contributed by atoms with Gasteiger partial charge in [-0.15, -0.1) is 0 Å². The first-order valence-corrected chi connectivity index (χ1v) is 5.00. The van der Waals surface area contributed by atoms with Gasteiger partial charge < -0.3 is 4.74 Å². The SMILES string of the molecule is C=C(C)C(=O)OC(C)Cc1ccccc1. The van der Waals surface area contributed by atoms with E-state index in [1.807, 2.05) is 37.3 Å². The molecule has 0 aliphatic heterocycles. The van der Waals surface area contributed by atoms with Gasteiger partial charge in [0.05, 0.1) is 0 Å². The first kappa shape index (κ1) is 11.5. The monoisotopic (exact) mass is 204 g/mol. The standard InChI is InChI=1S/C13H16O2/c1-10(2)13(14)15-11(3)9-12-7-5-4-6-8-12/h4-8,11H,1,9H2,2-3H3. The lowest BCUT2D eigenvalue weighted by Crippen LogP contribution is -2.17. The molecule has 0 bridgehead atoms. The van der Waals surface area contributed by atoms with Gasteiger partial charge in [0.2, 0.25) is 0 Å². The summed E-state index contributed by atoms with van der Waals surface area (Å²) >= 11 is 0. The van der Waals surface area contributed by atoms with E-state index in [-0.39, 0.29) is 12.1 Å². The summed E-state index contributed by atoms with van der Waals surface area (Å²) in [5.41, 5.74) is 1.61. The number of carbonyl (C=O) groups excluding carboxylic acids is 1. The lowest BCUT2D eigenvalue weighted by atomic mass is 10.1. The second-order valence-corrected chi connectivity index (χ2v) is 3.69. The summed E-state index contributed by atoms with van der Waals surface area (Å²) in [4.78, 5) is 11.2. The molecule has 1 unspecified atom stereocenters. The van der Waals surface area contributed by atoms with Crippen molar-refractivity contribution in [1.82, 2.24) is 0 Å². The molecule has 0 fully saturated rings. The van der Waals surface area contributed by atoms with E-state index in [0.717, 1.165) is 6.42 Å². The molecule has 0 aliphatic carbocycles. The van der Waals surface area contributed by atoms with Gasteiger partial charge in [0.25, 0.3) is 0 Å². The van der Waals surface area contributed by atoms with Crippen LogP contribution in [0.15, 0.2) is 42.5 Å². The first-order valence-electron chi connectivity index (χ1n) is 5.00. The molecule has 1 atom stereocenters. The third-order valence-electron chi connectivity index (χ3n) is 2.02. The molecule has 15 heavy (non-hydrogen) atoms. The van der Waals surface area contributed by atoms with Gasteiger partial charge in [0, 0.05) is 12.0 Å². The number of benzene rings is 1. The van der Waals surface area contributed by atoms with Crippen LogP contribution in [0.2, 0.25) is 0 Å². The molecule has 0 aromatic heterocycles. The molecule has 1 rings (SSSR count). The van der Waals surface area contributed by atoms with E-state index < -0.39 is 0 Å². The Bertz CT molecular complexity index is 341. The summed E-state index contributed by atoms with van der Waals surface area (Å²) in [5, 5.41) is 0. The molecule has 0 spiro atoms. The maximum atomic E-state index is 11.2. The number of esters is 1. The minimum absolute atomic E-state index is 0.114. The van der Waals surface area contributed by atoms with Crippen molar-refractivity contribution in [2.24, 2.45) is 0 Å². The van der Waals surface area contributed by atoms with Crippen LogP contribution in [0.25, 0.3) is 0 Å². The van der Waals surface area contributed by atoms with E-state index >= 15 is 0 Å². The van der Waals surface area contributed by atoms with Crippen molar-refractivity contribution >= 4 is 5.97 Å². The van der Waals surface area contributed by atoms with Crippen LogP contribution in [0.4, 0.5) is 0 Å². The zero-order valence-corrected chi connectivity index (χ0v) is 9.19. The molecule has 0 saturated carbocycles. The van der Waals surface area contributed by atoms with Gasteiger partial charge in [0.15, 0.2) is 0 Å². The predicted molar refractivity (Wildman–Crippen MR) is 60.5 cm³/mol. The van der Waals surface area contributed by atoms with Crippen LogP contribution < -0.4 is 0 Å². The number of carbonyl (C=O) groups is 1. The second-order valence-electron chi connectivity index (χ2n) is 3.69. The predicted octanol–water partition coefficient (Wildman–Crippen LogP) is 2.74. The Hall–Kier alpha value is -1.57. The molecule has 1 aromatic rings. The Labute approximate surface area is 90.6 Å². The maximum Gasteiger partial charge on any atom is 0.333 e. The van der Waals surface area contributed by atoms with Crippen molar-refractivity contribution in [2.45, 2.75) is 26.4 Å². The minimum atomic E-state index is -0.321. The molecule has 0 heterocycles. The Morgan fingerprint density at radius 2 is 2.00 bits per heavy atom. The largest absolute Gasteiger partial charge is 0.459 e. The van der Waals surface area contributed by atoms with E-state index in [4.69, 9.17) is 4.74 Å². The molecule has 0 amide bonds. The number of ether oxygens (including phenoxy) is 1. The van der Waals surface area contributed by atoms with Crippen LogP contribution in [0.5, 0.6) is 0 Å². The van der Waals surface area contributed by atoms with Gasteiger partial charge in [-0.05, 0) is 19.4 Å². The molecule has 80 valence electrons. The topological polar surface area (TPSA) is 26.3 Å². The maximum absolute atomic E-state index is 11.2. The third-order valence-corrected chi connectivity index (χ3v) is 2.02. The van der Waals surface area contributed by atoms with E-state index in [9.17, 15) is 4.79 Å². The van der Waals surface area contributed by atoms with Gasteiger partial charge in [-0.1, -0.05) is 36.9 Å². The Kier molecular flexibility index (Phi) is 4.10. The highest BCUT2D eigenvalue weighted by molar-refractivity contribution is 5.87. The molecule has 0 saturated heterocycles. The fourth-order valence-electron chi connectivity index (χ4n) is 1.27. The van der Waals surface area contributed by atoms with Crippen molar-refractivity contribution in [3.05, 3.63) is 48.0 Å². The molecule has 0 aliphatic rings. The molecule has 2 nitrogen and oxygen atoms in total. The van der Waals surface area contributed by atoms with Crippen molar-refractivity contribution < 1.29 is 9.53 Å². The van der Waals surface area contributed by atoms with E-state index in [1.165, 1.54) is 5.56 Å². The zero-order valence-electron chi connectivity index (χ0n) is 9.19. The smallest absolute Gasteiger partial charge is 0.333 e. The van der Waals surface area contributed by atoms with Gasteiger partial charge in [-0.3, -0.25) is 0 Å². The molecule has 0 radical (unpaired) electrons. The van der Waals surface area contributed by atoms with Crippen molar-refractivity contribution in [3.63, 3.8) is 0 Å². The summed E-state index contributed by atoms with van der Waals surface area (Å²) in [5.74, 6) is -0.321. The summed E-state index contributed by atoms with van der Waals surface area (Å²) in [6.07, 6.45) is 0.622. The summed E-state index contributed by atoms with van der Waals surface area (Å²) in [6.45, 7) is 7.07. The second kappa shape index (κ2) is 5.35. The Morgan fingerprint density at radius 1 is 1.40 bits per heavy atom. The fraction of sp³-hybridized carbons (Fsp3) is 0.308. The summed E-state index contributed by atoms with van der Waals surface area (Å²) in [7, 11) is 0. The lowest BCUT2D eigenvalue weighted by molar-refractivity contribution is -0.143. The van der Waals surface area contributed by atoms with Crippen molar-refractivity contribution in [3.8, 4) is 0 Å². The fourth-order valence-corrected chi connectivity index (χ4v) is 1.27. The van der Waals surface area contributed by atoms with Crippen molar-refractivity contribution in [2.75, 3.05) is 0 Å². The lowest BCUT2D eigenvalue weighted by Gasteiger charge is -2.12. The molecular formula is C13H16O2.